The van der Waals surface area contributed by atoms with E-state index in [0.29, 0.717) is 6.54 Å². The van der Waals surface area contributed by atoms with Gasteiger partial charge >= 0.3 is 0 Å². The summed E-state index contributed by atoms with van der Waals surface area (Å²) in [6, 6.07) is 11.9. The van der Waals surface area contributed by atoms with E-state index in [1.165, 1.54) is 10.4 Å². The van der Waals surface area contributed by atoms with Crippen molar-refractivity contribution in [1.29, 1.82) is 0 Å². The van der Waals surface area contributed by atoms with Crippen molar-refractivity contribution in [3.05, 3.63) is 57.8 Å². The van der Waals surface area contributed by atoms with Crippen LogP contribution in [0.25, 0.3) is 0 Å². The molecular weight excluding hydrogens is 230 g/mol. The molecule has 0 radical (unpaired) electrons. The lowest BCUT2D eigenvalue weighted by molar-refractivity contribution is 0.174. The fraction of sp³-hybridized carbons (Fsp3) is 0.286. The summed E-state index contributed by atoms with van der Waals surface area (Å²) in [5.41, 5.74) is 2.28. The number of aliphatic hydroxyl groups is 1. The van der Waals surface area contributed by atoms with Gasteiger partial charge in [0.05, 0.1) is 6.10 Å². The Kier molecular flexibility index (Phi) is 4.31. The van der Waals surface area contributed by atoms with Crippen molar-refractivity contribution in [3.8, 4) is 0 Å². The molecule has 1 heterocycles. The first kappa shape index (κ1) is 12.3. The zero-order valence-corrected chi connectivity index (χ0v) is 10.7. The predicted molar refractivity (Wildman–Crippen MR) is 72.2 cm³/mol. The molecule has 0 bridgehead atoms. The minimum Gasteiger partial charge on any atom is -0.387 e. The summed E-state index contributed by atoms with van der Waals surface area (Å²) < 4.78 is 0. The minimum atomic E-state index is -0.434. The van der Waals surface area contributed by atoms with Gasteiger partial charge in [0.1, 0.15) is 0 Å². The van der Waals surface area contributed by atoms with Crippen LogP contribution < -0.4 is 5.32 Å². The molecule has 90 valence electrons. The zero-order valence-electron chi connectivity index (χ0n) is 9.89. The Bertz CT molecular complexity index is 452. The normalized spacial score (nSPS) is 12.6. The van der Waals surface area contributed by atoms with Crippen LogP contribution >= 0.6 is 11.3 Å². The van der Waals surface area contributed by atoms with Gasteiger partial charge in [-0.05, 0) is 29.5 Å². The Morgan fingerprint density at radius 3 is 2.65 bits per heavy atom. The first-order valence-electron chi connectivity index (χ1n) is 5.74. The Balaban J connectivity index is 1.81. The second-order valence-electron chi connectivity index (χ2n) is 4.08. The van der Waals surface area contributed by atoms with Crippen molar-refractivity contribution in [2.45, 2.75) is 19.6 Å². The van der Waals surface area contributed by atoms with Gasteiger partial charge in [-0.1, -0.05) is 30.3 Å². The van der Waals surface area contributed by atoms with E-state index in [-0.39, 0.29) is 0 Å². The fourth-order valence-corrected chi connectivity index (χ4v) is 2.58. The first-order chi connectivity index (χ1) is 8.27. The average molecular weight is 247 g/mol. The molecule has 0 fully saturated rings. The highest BCUT2D eigenvalue weighted by Gasteiger charge is 2.06. The summed E-state index contributed by atoms with van der Waals surface area (Å²) in [6.45, 7) is 3.52. The van der Waals surface area contributed by atoms with E-state index < -0.39 is 6.10 Å². The zero-order chi connectivity index (χ0) is 12.1. The fourth-order valence-electron chi connectivity index (χ4n) is 1.70. The van der Waals surface area contributed by atoms with Crippen molar-refractivity contribution >= 4 is 11.3 Å². The summed E-state index contributed by atoms with van der Waals surface area (Å²) in [4.78, 5) is 1.34. The lowest BCUT2D eigenvalue weighted by Crippen LogP contribution is -2.20. The summed E-state index contributed by atoms with van der Waals surface area (Å²) in [6.07, 6.45) is -0.434. The van der Waals surface area contributed by atoms with Crippen LogP contribution in [0.5, 0.6) is 0 Å². The van der Waals surface area contributed by atoms with Gasteiger partial charge < -0.3 is 10.4 Å². The molecule has 1 aromatic heterocycles. The Morgan fingerprint density at radius 1 is 1.24 bits per heavy atom. The number of hydrogen-bond acceptors (Lipinski definition) is 3. The van der Waals surface area contributed by atoms with Gasteiger partial charge in [0, 0.05) is 18.0 Å². The van der Waals surface area contributed by atoms with E-state index in [1.54, 1.807) is 11.3 Å². The van der Waals surface area contributed by atoms with Crippen molar-refractivity contribution in [2.24, 2.45) is 0 Å². The molecule has 0 aliphatic carbocycles. The molecule has 17 heavy (non-hydrogen) atoms. The third-order valence-electron chi connectivity index (χ3n) is 2.78. The van der Waals surface area contributed by atoms with Crippen LogP contribution in [0.15, 0.2) is 41.8 Å². The molecule has 2 nitrogen and oxygen atoms in total. The average Bonchev–Trinajstić information content (AvgIpc) is 2.76. The predicted octanol–water partition coefficient (Wildman–Crippen LogP) is 2.88. The molecule has 0 amide bonds. The third kappa shape index (κ3) is 3.40. The maximum absolute atomic E-state index is 9.96. The van der Waals surface area contributed by atoms with Crippen LogP contribution in [0.2, 0.25) is 0 Å². The topological polar surface area (TPSA) is 32.3 Å². The minimum absolute atomic E-state index is 0.434. The van der Waals surface area contributed by atoms with Crippen LogP contribution in [0, 0.1) is 6.92 Å². The number of thiophene rings is 1. The highest BCUT2D eigenvalue weighted by molar-refractivity contribution is 7.10. The molecular formula is C14H17NOS. The van der Waals surface area contributed by atoms with Gasteiger partial charge in [0.15, 0.2) is 0 Å². The van der Waals surface area contributed by atoms with Crippen molar-refractivity contribution < 1.29 is 5.11 Å². The number of benzene rings is 1. The lowest BCUT2D eigenvalue weighted by atomic mass is 10.1. The Hall–Kier alpha value is -1.16. The molecule has 0 saturated heterocycles. The van der Waals surface area contributed by atoms with Gasteiger partial charge in [-0.3, -0.25) is 0 Å². The quantitative estimate of drug-likeness (QED) is 0.851. The van der Waals surface area contributed by atoms with Gasteiger partial charge in [0.2, 0.25) is 0 Å². The molecule has 2 aromatic rings. The second kappa shape index (κ2) is 5.96. The molecule has 1 atom stereocenters. The number of aliphatic hydroxyl groups excluding tert-OH is 1. The molecule has 2 N–H and O–H groups in total. The molecule has 0 aliphatic rings. The highest BCUT2D eigenvalue weighted by Crippen LogP contribution is 2.15. The maximum Gasteiger partial charge on any atom is 0.0914 e. The first-order valence-corrected chi connectivity index (χ1v) is 6.62. The molecule has 0 aliphatic heterocycles. The summed E-state index contributed by atoms with van der Waals surface area (Å²) in [7, 11) is 0. The standard InChI is InChI=1S/C14H17NOS/c1-11-7-8-17-14(11)10-15-9-13(16)12-5-3-2-4-6-12/h2-8,13,15-16H,9-10H2,1H3/t13-/m1/s1. The number of hydrogen-bond donors (Lipinski definition) is 2. The van der Waals surface area contributed by atoms with Crippen LogP contribution in [0.1, 0.15) is 22.1 Å². The number of nitrogens with one attached hydrogen (secondary N) is 1. The molecule has 1 aromatic carbocycles. The van der Waals surface area contributed by atoms with Gasteiger partial charge in [-0.2, -0.15) is 0 Å². The molecule has 2 rings (SSSR count). The largest absolute Gasteiger partial charge is 0.387 e. The Morgan fingerprint density at radius 2 is 2.00 bits per heavy atom. The van der Waals surface area contributed by atoms with Gasteiger partial charge in [-0.15, -0.1) is 11.3 Å². The molecule has 0 spiro atoms. The second-order valence-corrected chi connectivity index (χ2v) is 5.08. The van der Waals surface area contributed by atoms with E-state index in [4.69, 9.17) is 0 Å². The maximum atomic E-state index is 9.96. The summed E-state index contributed by atoms with van der Waals surface area (Å²) >= 11 is 1.75. The highest BCUT2D eigenvalue weighted by atomic mass is 32.1. The van der Waals surface area contributed by atoms with Crippen molar-refractivity contribution in [2.75, 3.05) is 6.54 Å². The molecule has 0 unspecified atom stereocenters. The van der Waals surface area contributed by atoms with Gasteiger partial charge in [0.25, 0.3) is 0 Å². The molecule has 0 saturated carbocycles. The molecule has 3 heteroatoms. The smallest absolute Gasteiger partial charge is 0.0914 e. The van der Waals surface area contributed by atoms with Gasteiger partial charge in [-0.25, -0.2) is 0 Å². The Labute approximate surface area is 106 Å². The van der Waals surface area contributed by atoms with E-state index in [0.717, 1.165) is 12.1 Å². The SMILES string of the molecule is Cc1ccsc1CNC[C@@H](O)c1ccccc1. The van der Waals surface area contributed by atoms with E-state index in [9.17, 15) is 5.11 Å². The van der Waals surface area contributed by atoms with Crippen molar-refractivity contribution in [1.82, 2.24) is 5.32 Å². The number of aryl methyl sites for hydroxylation is 1. The number of rotatable bonds is 5. The summed E-state index contributed by atoms with van der Waals surface area (Å²) in [5.74, 6) is 0. The van der Waals surface area contributed by atoms with Crippen LogP contribution in [-0.2, 0) is 6.54 Å². The van der Waals surface area contributed by atoms with Crippen molar-refractivity contribution in [3.63, 3.8) is 0 Å². The van der Waals surface area contributed by atoms with E-state index in [1.807, 2.05) is 30.3 Å². The van der Waals surface area contributed by atoms with Crippen LogP contribution in [0.3, 0.4) is 0 Å². The monoisotopic (exact) mass is 247 g/mol. The summed E-state index contributed by atoms with van der Waals surface area (Å²) in [5, 5.41) is 15.3. The van der Waals surface area contributed by atoms with Crippen LogP contribution in [-0.4, -0.2) is 11.7 Å². The lowest BCUT2D eigenvalue weighted by Gasteiger charge is -2.11. The van der Waals surface area contributed by atoms with E-state index in [2.05, 4.69) is 23.7 Å². The van der Waals surface area contributed by atoms with Crippen LogP contribution in [0.4, 0.5) is 0 Å². The third-order valence-corrected chi connectivity index (χ3v) is 3.80. The van der Waals surface area contributed by atoms with E-state index >= 15 is 0 Å².